The van der Waals surface area contributed by atoms with E-state index >= 15 is 0 Å². The summed E-state index contributed by atoms with van der Waals surface area (Å²) < 4.78 is 0.649. The zero-order valence-electron chi connectivity index (χ0n) is 11.6. The van der Waals surface area contributed by atoms with Crippen molar-refractivity contribution < 1.29 is 9.72 Å². The highest BCUT2D eigenvalue weighted by Crippen LogP contribution is 2.23. The number of amides is 1. The second kappa shape index (κ2) is 7.20. The number of nitro benzene ring substituents is 1. The number of halogens is 1. The van der Waals surface area contributed by atoms with Gasteiger partial charge in [-0.15, -0.1) is 17.9 Å². The molecule has 0 saturated carbocycles. The fourth-order valence-electron chi connectivity index (χ4n) is 1.94. The van der Waals surface area contributed by atoms with Crippen LogP contribution in [0.4, 0.5) is 5.69 Å². The van der Waals surface area contributed by atoms with Crippen LogP contribution in [0.2, 0.25) is 4.34 Å². The molecule has 0 spiro atoms. The average Bonchev–Trinajstić information content (AvgIpc) is 2.91. The number of carbonyl (C=O) groups is 1. The first-order valence-corrected chi connectivity index (χ1v) is 7.59. The van der Waals surface area contributed by atoms with Crippen molar-refractivity contribution in [2.75, 3.05) is 6.54 Å². The molecule has 0 atom stereocenters. The minimum absolute atomic E-state index is 0.108. The third kappa shape index (κ3) is 3.93. The highest BCUT2D eigenvalue weighted by Gasteiger charge is 2.18. The van der Waals surface area contributed by atoms with Crippen LogP contribution in [-0.2, 0) is 6.54 Å². The summed E-state index contributed by atoms with van der Waals surface area (Å²) in [5.41, 5.74) is 0.169. The van der Waals surface area contributed by atoms with Gasteiger partial charge in [0.2, 0.25) is 0 Å². The molecule has 7 heteroatoms. The van der Waals surface area contributed by atoms with Gasteiger partial charge in [-0.3, -0.25) is 14.9 Å². The Balaban J connectivity index is 2.23. The minimum atomic E-state index is -0.520. The van der Waals surface area contributed by atoms with Crippen molar-refractivity contribution in [2.24, 2.45) is 0 Å². The van der Waals surface area contributed by atoms with Crippen LogP contribution in [0.15, 0.2) is 49.1 Å². The Morgan fingerprint density at radius 2 is 2.18 bits per heavy atom. The van der Waals surface area contributed by atoms with Crippen molar-refractivity contribution in [3.05, 3.63) is 73.9 Å². The summed E-state index contributed by atoms with van der Waals surface area (Å²) in [6.45, 7) is 4.37. The Morgan fingerprint density at radius 1 is 1.41 bits per heavy atom. The van der Waals surface area contributed by atoms with Gasteiger partial charge in [0.25, 0.3) is 11.6 Å². The molecule has 0 aliphatic rings. The number of carbonyl (C=O) groups excluding carboxylic acids is 1. The quantitative estimate of drug-likeness (QED) is 0.452. The van der Waals surface area contributed by atoms with Gasteiger partial charge in [0.05, 0.1) is 15.8 Å². The number of rotatable bonds is 6. The zero-order chi connectivity index (χ0) is 16.1. The molecule has 114 valence electrons. The van der Waals surface area contributed by atoms with Crippen molar-refractivity contribution in [3.63, 3.8) is 0 Å². The van der Waals surface area contributed by atoms with E-state index in [0.29, 0.717) is 17.4 Å². The van der Waals surface area contributed by atoms with Gasteiger partial charge in [-0.05, 0) is 18.2 Å². The SMILES string of the molecule is C=CCN(Cc1ccc(Cl)s1)C(=O)c1cccc([N+](=O)[O-])c1. The van der Waals surface area contributed by atoms with Gasteiger partial charge in [0, 0.05) is 29.1 Å². The fourth-order valence-corrected chi connectivity index (χ4v) is 3.04. The second-order valence-electron chi connectivity index (χ2n) is 4.49. The summed E-state index contributed by atoms with van der Waals surface area (Å²) in [5.74, 6) is -0.284. The van der Waals surface area contributed by atoms with Gasteiger partial charge in [-0.1, -0.05) is 23.7 Å². The van der Waals surface area contributed by atoms with Crippen LogP contribution in [0.1, 0.15) is 15.2 Å². The summed E-state index contributed by atoms with van der Waals surface area (Å²) in [6.07, 6.45) is 1.62. The number of nitrogens with zero attached hydrogens (tertiary/aromatic N) is 2. The molecular weight excluding hydrogens is 324 g/mol. The van der Waals surface area contributed by atoms with Crippen LogP contribution < -0.4 is 0 Å². The van der Waals surface area contributed by atoms with E-state index in [-0.39, 0.29) is 17.2 Å². The molecule has 2 aromatic rings. The third-order valence-corrected chi connectivity index (χ3v) is 4.13. The van der Waals surface area contributed by atoms with Gasteiger partial charge in [0.15, 0.2) is 0 Å². The molecule has 0 bridgehead atoms. The predicted molar refractivity (Wildman–Crippen MR) is 87.4 cm³/mol. The first-order valence-electron chi connectivity index (χ1n) is 6.40. The highest BCUT2D eigenvalue weighted by molar-refractivity contribution is 7.16. The van der Waals surface area contributed by atoms with Crippen molar-refractivity contribution >= 4 is 34.5 Å². The summed E-state index contributed by atoms with van der Waals surface area (Å²) >= 11 is 7.28. The molecule has 1 aromatic carbocycles. The molecule has 5 nitrogen and oxygen atoms in total. The Morgan fingerprint density at radius 3 is 2.77 bits per heavy atom. The molecule has 0 radical (unpaired) electrons. The number of thiophene rings is 1. The molecule has 0 unspecified atom stereocenters. The van der Waals surface area contributed by atoms with E-state index in [0.717, 1.165) is 4.88 Å². The predicted octanol–water partition coefficient (Wildman–Crippen LogP) is 4.14. The lowest BCUT2D eigenvalue weighted by atomic mass is 10.1. The molecule has 0 aliphatic carbocycles. The van der Waals surface area contributed by atoms with Crippen molar-refractivity contribution in [3.8, 4) is 0 Å². The van der Waals surface area contributed by atoms with E-state index < -0.39 is 4.92 Å². The molecule has 0 N–H and O–H groups in total. The lowest BCUT2D eigenvalue weighted by Crippen LogP contribution is -2.30. The fraction of sp³-hybridized carbons (Fsp3) is 0.133. The van der Waals surface area contributed by atoms with E-state index in [1.807, 2.05) is 6.07 Å². The Hall–Kier alpha value is -2.18. The first-order chi connectivity index (χ1) is 10.5. The number of hydrogen-bond acceptors (Lipinski definition) is 4. The van der Waals surface area contributed by atoms with Crippen molar-refractivity contribution in [1.82, 2.24) is 4.90 Å². The molecule has 2 rings (SSSR count). The van der Waals surface area contributed by atoms with Gasteiger partial charge in [-0.25, -0.2) is 0 Å². The number of hydrogen-bond donors (Lipinski definition) is 0. The standard InChI is InChI=1S/C15H13ClN2O3S/c1-2-8-17(10-13-6-7-14(16)22-13)15(19)11-4-3-5-12(9-11)18(20)21/h2-7,9H,1,8,10H2. The normalized spacial score (nSPS) is 10.2. The largest absolute Gasteiger partial charge is 0.330 e. The smallest absolute Gasteiger partial charge is 0.270 e. The molecule has 1 amide bonds. The van der Waals surface area contributed by atoms with Gasteiger partial charge in [0.1, 0.15) is 0 Å². The van der Waals surface area contributed by atoms with E-state index in [1.54, 1.807) is 23.1 Å². The molecule has 0 fully saturated rings. The maximum absolute atomic E-state index is 12.5. The maximum atomic E-state index is 12.5. The molecule has 1 aromatic heterocycles. The summed E-state index contributed by atoms with van der Waals surface area (Å²) in [7, 11) is 0. The van der Waals surface area contributed by atoms with E-state index in [9.17, 15) is 14.9 Å². The highest BCUT2D eigenvalue weighted by atomic mass is 35.5. The van der Waals surface area contributed by atoms with Crippen LogP contribution in [0.3, 0.4) is 0 Å². The van der Waals surface area contributed by atoms with E-state index in [2.05, 4.69) is 6.58 Å². The van der Waals surface area contributed by atoms with Crippen LogP contribution in [0.25, 0.3) is 0 Å². The molecule has 0 saturated heterocycles. The number of nitro groups is 1. The van der Waals surface area contributed by atoms with Crippen LogP contribution in [0.5, 0.6) is 0 Å². The van der Waals surface area contributed by atoms with Crippen LogP contribution >= 0.6 is 22.9 Å². The second-order valence-corrected chi connectivity index (χ2v) is 6.29. The molecule has 1 heterocycles. The monoisotopic (exact) mass is 336 g/mol. The lowest BCUT2D eigenvalue weighted by Gasteiger charge is -2.20. The number of non-ortho nitro benzene ring substituents is 1. The Labute approximate surface area is 136 Å². The summed E-state index contributed by atoms with van der Waals surface area (Å²) in [4.78, 5) is 25.3. The Bertz CT molecular complexity index is 714. The van der Waals surface area contributed by atoms with Crippen molar-refractivity contribution in [1.29, 1.82) is 0 Å². The molecular formula is C15H13ClN2O3S. The van der Waals surface area contributed by atoms with Crippen LogP contribution in [-0.4, -0.2) is 22.3 Å². The molecule has 0 aliphatic heterocycles. The number of benzene rings is 1. The van der Waals surface area contributed by atoms with Gasteiger partial charge >= 0.3 is 0 Å². The van der Waals surface area contributed by atoms with E-state index in [1.165, 1.54) is 29.5 Å². The zero-order valence-corrected chi connectivity index (χ0v) is 13.1. The van der Waals surface area contributed by atoms with Gasteiger partial charge < -0.3 is 4.90 Å². The van der Waals surface area contributed by atoms with Crippen LogP contribution in [0, 0.1) is 10.1 Å². The lowest BCUT2D eigenvalue weighted by molar-refractivity contribution is -0.384. The average molecular weight is 337 g/mol. The minimum Gasteiger partial charge on any atom is -0.330 e. The topological polar surface area (TPSA) is 63.5 Å². The summed E-state index contributed by atoms with van der Waals surface area (Å²) in [5, 5.41) is 10.8. The Kier molecular flexibility index (Phi) is 5.30. The first kappa shape index (κ1) is 16.2. The molecule has 22 heavy (non-hydrogen) atoms. The van der Waals surface area contributed by atoms with Gasteiger partial charge in [-0.2, -0.15) is 0 Å². The summed E-state index contributed by atoms with van der Waals surface area (Å²) in [6, 6.07) is 9.31. The van der Waals surface area contributed by atoms with Crippen molar-refractivity contribution in [2.45, 2.75) is 6.54 Å². The van der Waals surface area contributed by atoms with E-state index in [4.69, 9.17) is 11.6 Å². The maximum Gasteiger partial charge on any atom is 0.270 e. The third-order valence-electron chi connectivity index (χ3n) is 2.92.